The maximum absolute atomic E-state index is 14.0. The summed E-state index contributed by atoms with van der Waals surface area (Å²) in [6.45, 7) is 3.33. The number of methoxy groups -OCH3 is 1. The number of carbonyl (C=O) groups is 1. The lowest BCUT2D eigenvalue weighted by Crippen LogP contribution is -2.53. The summed E-state index contributed by atoms with van der Waals surface area (Å²) in [6, 6.07) is 12.7. The first-order valence-corrected chi connectivity index (χ1v) is 16.0. The van der Waals surface area contributed by atoms with E-state index in [9.17, 15) is 4.79 Å². The van der Waals surface area contributed by atoms with Crippen molar-refractivity contribution >= 4 is 33.9 Å². The number of likely N-dealkylation sites (tertiary alicyclic amines) is 1. The second-order valence-corrected chi connectivity index (χ2v) is 13.6. The summed E-state index contributed by atoms with van der Waals surface area (Å²) in [5, 5.41) is 1.11. The van der Waals surface area contributed by atoms with E-state index in [1.807, 2.05) is 30.5 Å². The van der Waals surface area contributed by atoms with Crippen molar-refractivity contribution in [1.29, 1.82) is 0 Å². The van der Waals surface area contributed by atoms with E-state index in [2.05, 4.69) is 41.0 Å². The fourth-order valence-corrected chi connectivity index (χ4v) is 8.63. The van der Waals surface area contributed by atoms with Gasteiger partial charge in [0.15, 0.2) is 5.82 Å². The zero-order valence-corrected chi connectivity index (χ0v) is 24.7. The predicted molar refractivity (Wildman–Crippen MR) is 166 cm³/mol. The molecule has 4 aromatic heterocycles. The Morgan fingerprint density at radius 1 is 0.977 bits per heavy atom. The molecule has 3 saturated carbocycles. The van der Waals surface area contributed by atoms with E-state index in [0.29, 0.717) is 29.2 Å². The summed E-state index contributed by atoms with van der Waals surface area (Å²) >= 11 is 0. The predicted octanol–water partition coefficient (Wildman–Crippen LogP) is 4.80. The number of imidazole rings is 1. The molecular weight excluding hydrogens is 552 g/mol. The number of carbonyl (C=O) groups excluding carboxylic acids is 1. The molecule has 222 valence electrons. The van der Waals surface area contributed by atoms with Gasteiger partial charge in [0.2, 0.25) is 5.95 Å². The smallest absolute Gasteiger partial charge is 0.254 e. The van der Waals surface area contributed by atoms with Crippen molar-refractivity contribution in [1.82, 2.24) is 34.0 Å². The Morgan fingerprint density at radius 3 is 2.59 bits per heavy atom. The van der Waals surface area contributed by atoms with Crippen LogP contribution in [0.1, 0.15) is 42.1 Å². The van der Waals surface area contributed by atoms with Gasteiger partial charge in [0, 0.05) is 61.8 Å². The van der Waals surface area contributed by atoms with Crippen LogP contribution in [0.15, 0.2) is 55.0 Å². The monoisotopic (exact) mass is 586 g/mol. The number of rotatable bonds is 7. The maximum atomic E-state index is 14.0. The minimum atomic E-state index is 0.113. The average molecular weight is 587 g/mol. The lowest BCUT2D eigenvalue weighted by atomic mass is 9.53. The number of hydrogen-bond donors (Lipinski definition) is 0. The topological polar surface area (TPSA) is 94.2 Å². The van der Waals surface area contributed by atoms with Crippen LogP contribution in [0.2, 0.25) is 0 Å². The van der Waals surface area contributed by atoms with Crippen LogP contribution in [0.25, 0.3) is 33.6 Å². The van der Waals surface area contributed by atoms with Gasteiger partial charge in [-0.15, -0.1) is 0 Å². The van der Waals surface area contributed by atoms with Gasteiger partial charge in [-0.25, -0.2) is 19.9 Å². The van der Waals surface area contributed by atoms with E-state index in [-0.39, 0.29) is 11.9 Å². The van der Waals surface area contributed by atoms with E-state index in [1.54, 1.807) is 19.5 Å². The highest BCUT2D eigenvalue weighted by molar-refractivity contribution is 6.00. The van der Waals surface area contributed by atoms with Gasteiger partial charge in [0.05, 0.1) is 24.4 Å². The number of nitrogens with zero attached hydrogens (tertiary/aromatic N) is 8. The van der Waals surface area contributed by atoms with Crippen molar-refractivity contribution < 1.29 is 9.53 Å². The van der Waals surface area contributed by atoms with Gasteiger partial charge in [0.25, 0.3) is 5.91 Å². The van der Waals surface area contributed by atoms with E-state index < -0.39 is 0 Å². The number of hydrogen-bond acceptors (Lipinski definition) is 7. The van der Waals surface area contributed by atoms with Crippen molar-refractivity contribution in [3.05, 3.63) is 60.6 Å². The quantitative estimate of drug-likeness (QED) is 0.270. The molecule has 1 amide bonds. The van der Waals surface area contributed by atoms with Crippen LogP contribution < -0.4 is 9.64 Å². The molecule has 2 saturated heterocycles. The van der Waals surface area contributed by atoms with Crippen molar-refractivity contribution in [2.24, 2.45) is 23.7 Å². The molecule has 5 aromatic rings. The van der Waals surface area contributed by atoms with E-state index in [0.717, 1.165) is 84.0 Å². The van der Waals surface area contributed by atoms with Gasteiger partial charge < -0.3 is 23.7 Å². The largest absolute Gasteiger partial charge is 0.494 e. The number of aromatic nitrogens is 6. The molecule has 0 N–H and O–H groups in total. The molecule has 3 unspecified atom stereocenters. The Labute approximate surface area is 254 Å². The second-order valence-electron chi connectivity index (χ2n) is 13.6. The van der Waals surface area contributed by atoms with Gasteiger partial charge in [0.1, 0.15) is 16.9 Å². The molecule has 0 radical (unpaired) electrons. The fraction of sp³-hybridized carbons (Fsp3) is 0.441. The lowest BCUT2D eigenvalue weighted by Gasteiger charge is -2.52. The summed E-state index contributed by atoms with van der Waals surface area (Å²) in [5.74, 6) is 5.36. The van der Waals surface area contributed by atoms with Crippen LogP contribution in [-0.4, -0.2) is 72.7 Å². The van der Waals surface area contributed by atoms with Crippen LogP contribution >= 0.6 is 0 Å². The first-order valence-electron chi connectivity index (χ1n) is 16.0. The number of amides is 1. The van der Waals surface area contributed by atoms with Gasteiger partial charge in [-0.3, -0.25) is 4.79 Å². The average Bonchev–Trinajstić information content (AvgIpc) is 3.66. The second kappa shape index (κ2) is 9.03. The Kier molecular flexibility index (Phi) is 5.11. The van der Waals surface area contributed by atoms with Crippen LogP contribution in [-0.2, 0) is 6.54 Å². The van der Waals surface area contributed by atoms with E-state index in [4.69, 9.17) is 14.7 Å². The third-order valence-electron chi connectivity index (χ3n) is 11.1. The first kappa shape index (κ1) is 24.9. The molecule has 5 aliphatic rings. The van der Waals surface area contributed by atoms with Crippen molar-refractivity contribution in [2.75, 3.05) is 31.6 Å². The van der Waals surface area contributed by atoms with Gasteiger partial charge in [-0.05, 0) is 85.8 Å². The lowest BCUT2D eigenvalue weighted by molar-refractivity contribution is -0.0204. The van der Waals surface area contributed by atoms with Gasteiger partial charge in [-0.1, -0.05) is 0 Å². The minimum absolute atomic E-state index is 0.113. The molecule has 44 heavy (non-hydrogen) atoms. The van der Waals surface area contributed by atoms with E-state index >= 15 is 0 Å². The third kappa shape index (κ3) is 3.51. The summed E-state index contributed by atoms with van der Waals surface area (Å²) < 4.78 is 10.8. The minimum Gasteiger partial charge on any atom is -0.494 e. The fourth-order valence-electron chi connectivity index (χ4n) is 8.63. The molecule has 6 heterocycles. The molecule has 10 nitrogen and oxygen atoms in total. The molecule has 10 rings (SSSR count). The highest BCUT2D eigenvalue weighted by atomic mass is 16.5. The number of ether oxygens (including phenoxy) is 1. The summed E-state index contributed by atoms with van der Waals surface area (Å²) in [4.78, 5) is 37.4. The number of anilines is 1. The third-order valence-corrected chi connectivity index (χ3v) is 11.1. The maximum Gasteiger partial charge on any atom is 0.254 e. The molecule has 0 bridgehead atoms. The van der Waals surface area contributed by atoms with Crippen LogP contribution in [0.4, 0.5) is 5.95 Å². The summed E-state index contributed by atoms with van der Waals surface area (Å²) in [6.07, 6.45) is 10.4. The Balaban J connectivity index is 1.12. The molecular formula is C34H34N8O2. The first-order chi connectivity index (χ1) is 21.6. The molecule has 1 aromatic carbocycles. The number of fused-ring (bicyclic) bond motifs is 2. The Hall–Kier alpha value is -4.47. The van der Waals surface area contributed by atoms with Crippen LogP contribution in [0, 0.1) is 23.7 Å². The van der Waals surface area contributed by atoms with Crippen molar-refractivity contribution in [2.45, 2.75) is 44.3 Å². The zero-order chi connectivity index (χ0) is 29.1. The van der Waals surface area contributed by atoms with Gasteiger partial charge >= 0.3 is 0 Å². The van der Waals surface area contributed by atoms with Crippen molar-refractivity contribution in [3.63, 3.8) is 0 Å². The standard InChI is InChI=1S/C34H34N8O2/c1-44-28-14-22(33(43)41-16-23-10-21-13-26(41)29(21)23)11-25-30(28)42(24-17-39(18-24)34-36-8-3-9-37-34)32(38-25)27-12-20-4-2-7-35-31(20)40(27)15-19-5-6-19/h2-4,7-9,11-12,14,19,21,23-24,26,29H,5-6,10,13,15-18H2,1H3/t21?,23?,26?,29-/m1/s1. The summed E-state index contributed by atoms with van der Waals surface area (Å²) in [5.41, 5.74) is 4.44. The van der Waals surface area contributed by atoms with Gasteiger partial charge in [-0.2, -0.15) is 0 Å². The molecule has 2 aliphatic heterocycles. The van der Waals surface area contributed by atoms with Crippen molar-refractivity contribution in [3.8, 4) is 17.3 Å². The molecule has 4 atom stereocenters. The Morgan fingerprint density at radius 2 is 1.82 bits per heavy atom. The zero-order valence-electron chi connectivity index (χ0n) is 24.7. The molecule has 0 spiro atoms. The highest BCUT2D eigenvalue weighted by Crippen LogP contribution is 2.61. The van der Waals surface area contributed by atoms with E-state index in [1.165, 1.54) is 19.3 Å². The highest BCUT2D eigenvalue weighted by Gasteiger charge is 2.61. The number of benzene rings is 1. The molecule has 3 aliphatic carbocycles. The molecule has 5 fully saturated rings. The normalized spacial score (nSPS) is 25.6. The number of pyridine rings is 1. The Bertz CT molecular complexity index is 1960. The van der Waals surface area contributed by atoms with Crippen LogP contribution in [0.3, 0.4) is 0 Å². The summed E-state index contributed by atoms with van der Waals surface area (Å²) in [7, 11) is 1.70. The van der Waals surface area contributed by atoms with Crippen LogP contribution in [0.5, 0.6) is 5.75 Å². The SMILES string of the molecule is COc1cc(C(=O)N2CC3CC4CC2[C@H]43)cc2nc(-c3cc4cccnc4n3CC3CC3)n(C3CN(c4ncccn4)C3)c12. The molecule has 10 heteroatoms.